The Kier molecular flexibility index (Phi) is 5.55. The van der Waals surface area contributed by atoms with Crippen LogP contribution in [0, 0.1) is 0 Å². The van der Waals surface area contributed by atoms with Crippen LogP contribution in [0.3, 0.4) is 0 Å². The Morgan fingerprint density at radius 2 is 2.16 bits per heavy atom. The molecule has 0 spiro atoms. The molecule has 2 rings (SSSR count). The summed E-state index contributed by atoms with van der Waals surface area (Å²) in [6.45, 7) is 4.28. The SMILES string of the molecule is CCCNCCC1(Oc2ccc(Br)cc2Cl)CCC1. The first-order valence-electron chi connectivity index (χ1n) is 7.00. The van der Waals surface area contributed by atoms with Gasteiger partial charge in [0.1, 0.15) is 11.4 Å². The van der Waals surface area contributed by atoms with E-state index >= 15 is 0 Å². The summed E-state index contributed by atoms with van der Waals surface area (Å²) >= 11 is 9.65. The van der Waals surface area contributed by atoms with Gasteiger partial charge in [-0.05, 0) is 63.4 Å². The molecule has 0 bridgehead atoms. The number of benzene rings is 1. The maximum atomic E-state index is 6.23. The van der Waals surface area contributed by atoms with E-state index in [4.69, 9.17) is 16.3 Å². The van der Waals surface area contributed by atoms with E-state index < -0.39 is 0 Å². The van der Waals surface area contributed by atoms with Crippen LogP contribution in [-0.4, -0.2) is 18.7 Å². The molecule has 1 saturated carbocycles. The van der Waals surface area contributed by atoms with Crippen LogP contribution >= 0.6 is 27.5 Å². The quantitative estimate of drug-likeness (QED) is 0.716. The standard InChI is InChI=1S/C15H21BrClNO/c1-2-9-18-10-8-15(6-3-7-15)19-14-5-4-12(16)11-13(14)17/h4-5,11,18H,2-3,6-10H2,1H3. The van der Waals surface area contributed by atoms with Gasteiger partial charge in [0, 0.05) is 4.47 Å². The lowest BCUT2D eigenvalue weighted by atomic mass is 9.77. The van der Waals surface area contributed by atoms with E-state index in [0.717, 1.165) is 42.6 Å². The second kappa shape index (κ2) is 6.96. The van der Waals surface area contributed by atoms with E-state index in [1.54, 1.807) is 0 Å². The number of hydrogen-bond acceptors (Lipinski definition) is 2. The van der Waals surface area contributed by atoms with E-state index in [0.29, 0.717) is 5.02 Å². The highest BCUT2D eigenvalue weighted by molar-refractivity contribution is 9.10. The smallest absolute Gasteiger partial charge is 0.138 e. The Labute approximate surface area is 129 Å². The van der Waals surface area contributed by atoms with Crippen molar-refractivity contribution in [3.8, 4) is 5.75 Å². The molecule has 0 amide bonds. The molecule has 19 heavy (non-hydrogen) atoms. The van der Waals surface area contributed by atoms with Crippen molar-refractivity contribution >= 4 is 27.5 Å². The monoisotopic (exact) mass is 345 g/mol. The minimum Gasteiger partial charge on any atom is -0.486 e. The zero-order valence-corrected chi connectivity index (χ0v) is 13.7. The summed E-state index contributed by atoms with van der Waals surface area (Å²) in [4.78, 5) is 0. The van der Waals surface area contributed by atoms with Gasteiger partial charge in [-0.15, -0.1) is 0 Å². The van der Waals surface area contributed by atoms with Crippen LogP contribution in [0.4, 0.5) is 0 Å². The molecule has 4 heteroatoms. The van der Waals surface area contributed by atoms with E-state index in [9.17, 15) is 0 Å². The van der Waals surface area contributed by atoms with Crippen LogP contribution in [0.5, 0.6) is 5.75 Å². The molecule has 1 aromatic rings. The Balaban J connectivity index is 1.94. The molecule has 1 fully saturated rings. The Morgan fingerprint density at radius 3 is 2.74 bits per heavy atom. The lowest BCUT2D eigenvalue weighted by Gasteiger charge is -2.42. The van der Waals surface area contributed by atoms with Crippen LogP contribution in [0.1, 0.15) is 39.0 Å². The predicted molar refractivity (Wildman–Crippen MR) is 84.1 cm³/mol. The number of nitrogens with one attached hydrogen (secondary N) is 1. The highest BCUT2D eigenvalue weighted by atomic mass is 79.9. The topological polar surface area (TPSA) is 21.3 Å². The van der Waals surface area contributed by atoms with Crippen molar-refractivity contribution in [2.75, 3.05) is 13.1 Å². The van der Waals surface area contributed by atoms with Gasteiger partial charge in [0.2, 0.25) is 0 Å². The van der Waals surface area contributed by atoms with Gasteiger partial charge < -0.3 is 10.1 Å². The average molecular weight is 347 g/mol. The van der Waals surface area contributed by atoms with Crippen molar-refractivity contribution < 1.29 is 4.74 Å². The first-order valence-corrected chi connectivity index (χ1v) is 8.17. The van der Waals surface area contributed by atoms with Crippen molar-refractivity contribution in [2.24, 2.45) is 0 Å². The van der Waals surface area contributed by atoms with Gasteiger partial charge in [-0.25, -0.2) is 0 Å². The fraction of sp³-hybridized carbons (Fsp3) is 0.600. The molecule has 0 heterocycles. The zero-order chi connectivity index (χ0) is 13.7. The highest BCUT2D eigenvalue weighted by Gasteiger charge is 2.39. The van der Waals surface area contributed by atoms with Gasteiger partial charge in [0.15, 0.2) is 0 Å². The second-order valence-corrected chi connectivity index (χ2v) is 6.54. The maximum Gasteiger partial charge on any atom is 0.138 e. The lowest BCUT2D eigenvalue weighted by molar-refractivity contribution is -0.0141. The first kappa shape index (κ1) is 15.1. The van der Waals surface area contributed by atoms with Gasteiger partial charge in [0.05, 0.1) is 5.02 Å². The van der Waals surface area contributed by atoms with E-state index in [1.807, 2.05) is 18.2 Å². The van der Waals surface area contributed by atoms with Crippen LogP contribution in [-0.2, 0) is 0 Å². The van der Waals surface area contributed by atoms with Crippen molar-refractivity contribution in [1.82, 2.24) is 5.32 Å². The molecule has 0 aliphatic heterocycles. The Bertz CT molecular complexity index is 421. The Morgan fingerprint density at radius 1 is 1.37 bits per heavy atom. The van der Waals surface area contributed by atoms with Crippen molar-refractivity contribution in [3.05, 3.63) is 27.7 Å². The fourth-order valence-corrected chi connectivity index (χ4v) is 3.10. The molecule has 2 nitrogen and oxygen atoms in total. The third-order valence-electron chi connectivity index (χ3n) is 3.67. The lowest BCUT2D eigenvalue weighted by Crippen LogP contribution is -2.45. The van der Waals surface area contributed by atoms with Crippen LogP contribution in [0.25, 0.3) is 0 Å². The van der Waals surface area contributed by atoms with Gasteiger partial charge in [-0.2, -0.15) is 0 Å². The van der Waals surface area contributed by atoms with Gasteiger partial charge in [0.25, 0.3) is 0 Å². The summed E-state index contributed by atoms with van der Waals surface area (Å²) in [7, 11) is 0. The van der Waals surface area contributed by atoms with Crippen molar-refractivity contribution in [2.45, 2.75) is 44.6 Å². The molecule has 106 valence electrons. The van der Waals surface area contributed by atoms with Crippen molar-refractivity contribution in [1.29, 1.82) is 0 Å². The summed E-state index contributed by atoms with van der Waals surface area (Å²) in [5, 5.41) is 4.13. The molecule has 0 atom stereocenters. The van der Waals surface area contributed by atoms with Crippen LogP contribution in [0.15, 0.2) is 22.7 Å². The molecule has 0 radical (unpaired) electrons. The summed E-state index contributed by atoms with van der Waals surface area (Å²) in [5.41, 5.74) is -0.00177. The number of hydrogen-bond donors (Lipinski definition) is 1. The van der Waals surface area contributed by atoms with Crippen LogP contribution in [0.2, 0.25) is 5.02 Å². The van der Waals surface area contributed by atoms with Crippen LogP contribution < -0.4 is 10.1 Å². The largest absolute Gasteiger partial charge is 0.486 e. The number of ether oxygens (including phenoxy) is 1. The zero-order valence-electron chi connectivity index (χ0n) is 11.3. The van der Waals surface area contributed by atoms with Crippen molar-refractivity contribution in [3.63, 3.8) is 0 Å². The predicted octanol–water partition coefficient (Wildman–Crippen LogP) is 4.79. The summed E-state index contributed by atoms with van der Waals surface area (Å²) < 4.78 is 7.19. The van der Waals surface area contributed by atoms with Gasteiger partial charge in [-0.1, -0.05) is 34.5 Å². The maximum absolute atomic E-state index is 6.23. The molecule has 1 N–H and O–H groups in total. The normalized spacial score (nSPS) is 17.0. The molecular weight excluding hydrogens is 326 g/mol. The van der Waals surface area contributed by atoms with E-state index in [1.165, 1.54) is 12.8 Å². The third-order valence-corrected chi connectivity index (χ3v) is 4.46. The summed E-state index contributed by atoms with van der Waals surface area (Å²) in [6, 6.07) is 5.81. The summed E-state index contributed by atoms with van der Waals surface area (Å²) in [6.07, 6.45) is 5.74. The highest BCUT2D eigenvalue weighted by Crippen LogP contribution is 2.41. The van der Waals surface area contributed by atoms with E-state index in [2.05, 4.69) is 28.2 Å². The Hall–Kier alpha value is -0.250. The molecule has 1 aliphatic rings. The minimum atomic E-state index is -0.00177. The molecule has 0 saturated heterocycles. The summed E-state index contributed by atoms with van der Waals surface area (Å²) in [5.74, 6) is 0.806. The number of halogens is 2. The van der Waals surface area contributed by atoms with E-state index in [-0.39, 0.29) is 5.60 Å². The average Bonchev–Trinajstić information content (AvgIpc) is 2.34. The molecule has 1 aliphatic carbocycles. The first-order chi connectivity index (χ1) is 9.15. The second-order valence-electron chi connectivity index (χ2n) is 5.21. The molecular formula is C15H21BrClNO. The van der Waals surface area contributed by atoms with Gasteiger partial charge in [-0.3, -0.25) is 0 Å². The molecule has 0 unspecified atom stereocenters. The van der Waals surface area contributed by atoms with Gasteiger partial charge >= 0.3 is 0 Å². The number of rotatable bonds is 7. The molecule has 0 aromatic heterocycles. The fourth-order valence-electron chi connectivity index (χ4n) is 2.38. The molecule has 1 aromatic carbocycles. The third kappa shape index (κ3) is 4.11. The minimum absolute atomic E-state index is 0.00177.